The average Bonchev–Trinajstić information content (AvgIpc) is 3.10. The van der Waals surface area contributed by atoms with E-state index in [0.717, 1.165) is 52.0 Å². The van der Waals surface area contributed by atoms with Gasteiger partial charge in [-0.2, -0.15) is 0 Å². The predicted octanol–water partition coefficient (Wildman–Crippen LogP) is 4.03. The van der Waals surface area contributed by atoms with E-state index in [1.807, 2.05) is 37.8 Å². The molecule has 3 rings (SSSR count). The van der Waals surface area contributed by atoms with E-state index in [4.69, 9.17) is 4.74 Å². The van der Waals surface area contributed by atoms with Crippen LogP contribution in [0.5, 0.6) is 0 Å². The molecule has 154 valence electrons. The molecule has 1 aromatic carbocycles. The van der Waals surface area contributed by atoms with Gasteiger partial charge in [0.2, 0.25) is 0 Å². The molecule has 1 amide bonds. The van der Waals surface area contributed by atoms with Gasteiger partial charge in [0.15, 0.2) is 0 Å². The van der Waals surface area contributed by atoms with Gasteiger partial charge in [-0.25, -0.2) is 4.79 Å². The molecule has 2 fully saturated rings. The van der Waals surface area contributed by atoms with Gasteiger partial charge in [-0.05, 0) is 70.5 Å². The van der Waals surface area contributed by atoms with Crippen molar-refractivity contribution in [1.82, 2.24) is 9.80 Å². The number of nitro groups is 1. The number of hydrogen-bond acceptors (Lipinski definition) is 5. The van der Waals surface area contributed by atoms with Crippen molar-refractivity contribution in [3.8, 4) is 0 Å². The zero-order valence-corrected chi connectivity index (χ0v) is 17.1. The number of likely N-dealkylation sites (tertiary alicyclic amines) is 2. The first-order valence-electron chi connectivity index (χ1n) is 10.2. The zero-order chi connectivity index (χ0) is 20.3. The molecule has 0 radical (unpaired) electrons. The lowest BCUT2D eigenvalue weighted by Crippen LogP contribution is -2.39. The molecule has 7 heteroatoms. The average molecular weight is 389 g/mol. The SMILES string of the molecule is CC(C)(C)OC(=O)N1CC[C@@H](CN2CCC(c3ccc([N+](=O)[O-])cc3)CC2)C1. The van der Waals surface area contributed by atoms with E-state index in [0.29, 0.717) is 11.8 Å². The van der Waals surface area contributed by atoms with Crippen LogP contribution in [0, 0.1) is 16.0 Å². The monoisotopic (exact) mass is 389 g/mol. The number of benzene rings is 1. The second kappa shape index (κ2) is 8.47. The highest BCUT2D eigenvalue weighted by atomic mass is 16.6. The van der Waals surface area contributed by atoms with E-state index < -0.39 is 5.60 Å². The van der Waals surface area contributed by atoms with E-state index in [1.54, 1.807) is 12.1 Å². The molecule has 0 saturated carbocycles. The molecule has 2 aliphatic heterocycles. The maximum absolute atomic E-state index is 12.2. The van der Waals surface area contributed by atoms with Crippen LogP contribution in [0.3, 0.4) is 0 Å². The van der Waals surface area contributed by atoms with Gasteiger partial charge in [0.25, 0.3) is 5.69 Å². The molecule has 0 aliphatic carbocycles. The minimum absolute atomic E-state index is 0.150. The maximum atomic E-state index is 12.2. The summed E-state index contributed by atoms with van der Waals surface area (Å²) < 4.78 is 5.48. The lowest BCUT2D eigenvalue weighted by molar-refractivity contribution is -0.384. The zero-order valence-electron chi connectivity index (χ0n) is 17.1. The third-order valence-corrected chi connectivity index (χ3v) is 5.62. The van der Waals surface area contributed by atoms with Gasteiger partial charge in [0.1, 0.15) is 5.60 Å². The Balaban J connectivity index is 1.43. The third-order valence-electron chi connectivity index (χ3n) is 5.62. The third kappa shape index (κ3) is 5.44. The number of carbonyl (C=O) groups excluding carboxylic acids is 1. The number of amides is 1. The lowest BCUT2D eigenvalue weighted by atomic mass is 9.89. The summed E-state index contributed by atoms with van der Waals surface area (Å²) in [4.78, 5) is 27.0. The number of ether oxygens (including phenoxy) is 1. The fourth-order valence-corrected chi connectivity index (χ4v) is 4.16. The van der Waals surface area contributed by atoms with Crippen molar-refractivity contribution in [1.29, 1.82) is 0 Å². The van der Waals surface area contributed by atoms with Crippen LogP contribution in [-0.4, -0.2) is 59.1 Å². The minimum atomic E-state index is -0.449. The molecule has 0 unspecified atom stereocenters. The van der Waals surface area contributed by atoms with Crippen molar-refractivity contribution >= 4 is 11.8 Å². The Morgan fingerprint density at radius 1 is 1.14 bits per heavy atom. The number of carbonyl (C=O) groups is 1. The van der Waals surface area contributed by atoms with Crippen LogP contribution in [-0.2, 0) is 4.74 Å². The van der Waals surface area contributed by atoms with E-state index in [-0.39, 0.29) is 16.7 Å². The highest BCUT2D eigenvalue weighted by Crippen LogP contribution is 2.30. The van der Waals surface area contributed by atoms with Crippen LogP contribution >= 0.6 is 0 Å². The Morgan fingerprint density at radius 3 is 2.36 bits per heavy atom. The molecule has 2 aliphatic rings. The van der Waals surface area contributed by atoms with Gasteiger partial charge in [-0.15, -0.1) is 0 Å². The van der Waals surface area contributed by atoms with Crippen LogP contribution in [0.4, 0.5) is 10.5 Å². The van der Waals surface area contributed by atoms with E-state index in [1.165, 1.54) is 5.56 Å². The fourth-order valence-electron chi connectivity index (χ4n) is 4.16. The standard InChI is InChI=1S/C21H31N3O4/c1-21(2,3)28-20(25)23-13-8-16(15-23)14-22-11-9-18(10-12-22)17-4-6-19(7-5-17)24(26)27/h4-7,16,18H,8-15H2,1-3H3/t16-/m0/s1. The van der Waals surface area contributed by atoms with Gasteiger partial charge < -0.3 is 14.5 Å². The maximum Gasteiger partial charge on any atom is 0.410 e. The number of hydrogen-bond donors (Lipinski definition) is 0. The number of rotatable bonds is 4. The highest BCUT2D eigenvalue weighted by molar-refractivity contribution is 5.68. The number of piperidine rings is 1. The topological polar surface area (TPSA) is 75.9 Å². The number of nitro benzene ring substituents is 1. The first-order valence-corrected chi connectivity index (χ1v) is 10.2. The summed E-state index contributed by atoms with van der Waals surface area (Å²) >= 11 is 0. The van der Waals surface area contributed by atoms with Crippen LogP contribution in [0.25, 0.3) is 0 Å². The molecule has 0 aromatic heterocycles. The van der Waals surface area contributed by atoms with Gasteiger partial charge in [0, 0.05) is 31.8 Å². The Kier molecular flexibility index (Phi) is 6.23. The minimum Gasteiger partial charge on any atom is -0.444 e. The molecule has 28 heavy (non-hydrogen) atoms. The Morgan fingerprint density at radius 2 is 1.79 bits per heavy atom. The van der Waals surface area contributed by atoms with Gasteiger partial charge in [0.05, 0.1) is 4.92 Å². The summed E-state index contributed by atoms with van der Waals surface area (Å²) in [6.45, 7) is 10.3. The molecule has 0 bridgehead atoms. The summed E-state index contributed by atoms with van der Waals surface area (Å²) in [7, 11) is 0. The second-order valence-electron chi connectivity index (χ2n) is 9.00. The predicted molar refractivity (Wildman–Crippen MR) is 107 cm³/mol. The van der Waals surface area contributed by atoms with Crippen molar-refractivity contribution in [3.05, 3.63) is 39.9 Å². The van der Waals surface area contributed by atoms with Crippen molar-refractivity contribution in [2.45, 2.75) is 51.6 Å². The van der Waals surface area contributed by atoms with E-state index in [2.05, 4.69) is 4.90 Å². The smallest absolute Gasteiger partial charge is 0.410 e. The Labute approximate surface area is 166 Å². The molecule has 0 N–H and O–H groups in total. The molecule has 1 atom stereocenters. The van der Waals surface area contributed by atoms with Crippen LogP contribution in [0.15, 0.2) is 24.3 Å². The Hall–Kier alpha value is -2.15. The summed E-state index contributed by atoms with van der Waals surface area (Å²) in [5.74, 6) is 0.974. The molecular weight excluding hydrogens is 358 g/mol. The summed E-state index contributed by atoms with van der Waals surface area (Å²) in [6, 6.07) is 7.00. The van der Waals surface area contributed by atoms with Crippen molar-refractivity contribution in [2.75, 3.05) is 32.7 Å². The molecule has 7 nitrogen and oxygen atoms in total. The normalized spacial score (nSPS) is 21.7. The molecule has 2 heterocycles. The first-order chi connectivity index (χ1) is 13.2. The van der Waals surface area contributed by atoms with Gasteiger partial charge >= 0.3 is 6.09 Å². The van der Waals surface area contributed by atoms with Crippen LogP contribution in [0.1, 0.15) is 51.5 Å². The van der Waals surface area contributed by atoms with Crippen molar-refractivity contribution in [2.24, 2.45) is 5.92 Å². The van der Waals surface area contributed by atoms with Crippen LogP contribution < -0.4 is 0 Å². The number of nitrogens with zero attached hydrogens (tertiary/aromatic N) is 3. The van der Waals surface area contributed by atoms with Gasteiger partial charge in [-0.1, -0.05) is 12.1 Å². The van der Waals surface area contributed by atoms with Crippen LogP contribution in [0.2, 0.25) is 0 Å². The molecule has 2 saturated heterocycles. The fraction of sp³-hybridized carbons (Fsp3) is 0.667. The molecular formula is C21H31N3O4. The van der Waals surface area contributed by atoms with Crippen molar-refractivity contribution < 1.29 is 14.5 Å². The highest BCUT2D eigenvalue weighted by Gasteiger charge is 2.31. The quantitative estimate of drug-likeness (QED) is 0.574. The number of non-ortho nitro benzene ring substituents is 1. The van der Waals surface area contributed by atoms with E-state index in [9.17, 15) is 14.9 Å². The molecule has 1 aromatic rings. The summed E-state index contributed by atoms with van der Waals surface area (Å²) in [6.07, 6.45) is 2.97. The second-order valence-corrected chi connectivity index (χ2v) is 9.00. The summed E-state index contributed by atoms with van der Waals surface area (Å²) in [5.41, 5.74) is 0.897. The van der Waals surface area contributed by atoms with Crippen molar-refractivity contribution in [3.63, 3.8) is 0 Å². The van der Waals surface area contributed by atoms with E-state index >= 15 is 0 Å². The lowest BCUT2D eigenvalue weighted by Gasteiger charge is -2.33. The first kappa shape index (κ1) is 20.6. The Bertz CT molecular complexity index is 691. The summed E-state index contributed by atoms with van der Waals surface area (Å²) in [5, 5.41) is 10.8. The largest absolute Gasteiger partial charge is 0.444 e. The van der Waals surface area contributed by atoms with Gasteiger partial charge in [-0.3, -0.25) is 10.1 Å². The molecule has 0 spiro atoms.